The van der Waals surface area contributed by atoms with Crippen LogP contribution in [-0.4, -0.2) is 66.9 Å². The molecule has 4 rings (SSSR count). The first-order chi connectivity index (χ1) is 17.7. The predicted molar refractivity (Wildman–Crippen MR) is 134 cm³/mol. The Morgan fingerprint density at radius 3 is 2.51 bits per heavy atom. The van der Waals surface area contributed by atoms with Gasteiger partial charge in [-0.15, -0.1) is 0 Å². The lowest BCUT2D eigenvalue weighted by molar-refractivity contribution is -0.138. The molecule has 37 heavy (non-hydrogen) atoms. The lowest BCUT2D eigenvalue weighted by Gasteiger charge is -2.16. The Morgan fingerprint density at radius 2 is 1.81 bits per heavy atom. The van der Waals surface area contributed by atoms with Gasteiger partial charge in [0.25, 0.3) is 11.8 Å². The van der Waals surface area contributed by atoms with Gasteiger partial charge in [0.2, 0.25) is 10.0 Å². The smallest absolute Gasteiger partial charge is 0.323 e. The minimum atomic E-state index is -4.11. The quantitative estimate of drug-likeness (QED) is 0.293. The average Bonchev–Trinajstić information content (AvgIpc) is 3.22. The summed E-state index contributed by atoms with van der Waals surface area (Å²) in [6.07, 6.45) is 1.67. The minimum absolute atomic E-state index is 0.0931. The summed E-state index contributed by atoms with van der Waals surface area (Å²) in [5.74, 6) is -1.59. The van der Waals surface area contributed by atoms with Crippen LogP contribution in [0.5, 0.6) is 0 Å². The van der Waals surface area contributed by atoms with Crippen molar-refractivity contribution < 1.29 is 27.9 Å². The van der Waals surface area contributed by atoms with Gasteiger partial charge in [0.05, 0.1) is 4.90 Å². The Balaban J connectivity index is 1.35. The Hall–Kier alpha value is -4.29. The molecule has 4 N–H and O–H groups in total. The molecule has 0 bridgehead atoms. The molecule has 1 atom stereocenters. The third kappa shape index (κ3) is 6.29. The number of pyridine rings is 1. The Kier molecular flexibility index (Phi) is 7.80. The van der Waals surface area contributed by atoms with E-state index in [0.717, 1.165) is 5.56 Å². The number of carboxylic acids is 1. The van der Waals surface area contributed by atoms with Gasteiger partial charge in [0, 0.05) is 43.5 Å². The van der Waals surface area contributed by atoms with Crippen molar-refractivity contribution in [1.29, 1.82) is 0 Å². The summed E-state index contributed by atoms with van der Waals surface area (Å²) in [6.45, 7) is 0.853. The number of hydrogen-bond donors (Lipinski definition) is 4. The van der Waals surface area contributed by atoms with E-state index < -0.39 is 34.5 Å². The van der Waals surface area contributed by atoms with Crippen LogP contribution in [0, 0.1) is 0 Å². The number of carboxylic acid groups (broad SMARTS) is 1. The summed E-state index contributed by atoms with van der Waals surface area (Å²) in [5.41, 5.74) is 1.33. The SMILES string of the molecule is O=C(NCC(NS(=O)(=O)c1ccccc1)C(=O)O)c1ccc2c(c1)C(=O)N(CCNc1ccccn1)C2. The fourth-order valence-corrected chi connectivity index (χ4v) is 5.01. The lowest BCUT2D eigenvalue weighted by atomic mass is 10.1. The van der Waals surface area contributed by atoms with E-state index in [1.54, 1.807) is 29.3 Å². The molecular formula is C25H25N5O6S. The highest BCUT2D eigenvalue weighted by Crippen LogP contribution is 2.24. The van der Waals surface area contributed by atoms with Crippen LogP contribution < -0.4 is 15.4 Å². The Bertz CT molecular complexity index is 1400. The molecule has 2 heterocycles. The molecule has 0 radical (unpaired) electrons. The van der Waals surface area contributed by atoms with Crippen molar-refractivity contribution in [3.63, 3.8) is 0 Å². The fourth-order valence-electron chi connectivity index (χ4n) is 3.80. The number of benzene rings is 2. The zero-order valence-electron chi connectivity index (χ0n) is 19.6. The standard InChI is InChI=1S/C25H25N5O6S/c31-23(28-15-21(25(33)34)29-37(35,36)19-6-2-1-3-7-19)17-9-10-18-16-30(24(32)20(18)14-17)13-12-27-22-8-4-5-11-26-22/h1-11,14,21,29H,12-13,15-16H2,(H,26,27)(H,28,31)(H,33,34). The number of amides is 2. The molecule has 2 aromatic carbocycles. The average molecular weight is 524 g/mol. The van der Waals surface area contributed by atoms with Crippen molar-refractivity contribution in [3.8, 4) is 0 Å². The van der Waals surface area contributed by atoms with Crippen LogP contribution in [0.2, 0.25) is 0 Å². The molecule has 11 nitrogen and oxygen atoms in total. The highest BCUT2D eigenvalue weighted by Gasteiger charge is 2.29. The second-order valence-corrected chi connectivity index (χ2v) is 9.99. The number of carbonyl (C=O) groups is 3. The molecule has 192 valence electrons. The van der Waals surface area contributed by atoms with E-state index in [-0.39, 0.29) is 16.4 Å². The van der Waals surface area contributed by atoms with Crippen LogP contribution in [0.15, 0.2) is 77.8 Å². The van der Waals surface area contributed by atoms with Crippen molar-refractivity contribution >= 4 is 33.6 Å². The Morgan fingerprint density at radius 1 is 1.05 bits per heavy atom. The van der Waals surface area contributed by atoms with Gasteiger partial charge in [0.1, 0.15) is 11.9 Å². The molecule has 0 saturated carbocycles. The highest BCUT2D eigenvalue weighted by atomic mass is 32.2. The molecule has 1 aromatic heterocycles. The Labute approximate surface area is 213 Å². The van der Waals surface area contributed by atoms with E-state index in [0.29, 0.717) is 31.0 Å². The van der Waals surface area contributed by atoms with E-state index >= 15 is 0 Å². The zero-order chi connectivity index (χ0) is 26.4. The predicted octanol–water partition coefficient (Wildman–Crippen LogP) is 1.31. The van der Waals surface area contributed by atoms with Gasteiger partial charge >= 0.3 is 5.97 Å². The molecule has 1 aliphatic heterocycles. The monoisotopic (exact) mass is 523 g/mol. The third-order valence-corrected chi connectivity index (χ3v) is 7.21. The van der Waals surface area contributed by atoms with E-state index in [9.17, 15) is 27.9 Å². The van der Waals surface area contributed by atoms with Crippen LogP contribution in [0.3, 0.4) is 0 Å². The number of sulfonamides is 1. The van der Waals surface area contributed by atoms with Crippen LogP contribution in [0.25, 0.3) is 0 Å². The number of carbonyl (C=O) groups excluding carboxylic acids is 2. The number of aromatic nitrogens is 1. The lowest BCUT2D eigenvalue weighted by Crippen LogP contribution is -2.48. The van der Waals surface area contributed by atoms with Gasteiger partial charge in [-0.25, -0.2) is 13.4 Å². The van der Waals surface area contributed by atoms with Gasteiger partial charge in [-0.05, 0) is 42.0 Å². The topological polar surface area (TPSA) is 158 Å². The van der Waals surface area contributed by atoms with Crippen molar-refractivity contribution in [2.24, 2.45) is 0 Å². The molecule has 0 aliphatic carbocycles. The molecule has 0 saturated heterocycles. The summed E-state index contributed by atoms with van der Waals surface area (Å²) in [7, 11) is -4.11. The van der Waals surface area contributed by atoms with Crippen LogP contribution in [0.4, 0.5) is 5.82 Å². The molecular weight excluding hydrogens is 498 g/mol. The number of aliphatic carboxylic acids is 1. The first kappa shape index (κ1) is 25.8. The summed E-state index contributed by atoms with van der Waals surface area (Å²) >= 11 is 0. The number of fused-ring (bicyclic) bond motifs is 1. The third-order valence-electron chi connectivity index (χ3n) is 5.72. The molecule has 1 unspecified atom stereocenters. The van der Waals surface area contributed by atoms with Crippen molar-refractivity contribution in [1.82, 2.24) is 19.9 Å². The molecule has 0 spiro atoms. The normalized spacial score (nSPS) is 13.6. The maximum absolute atomic E-state index is 12.9. The fraction of sp³-hybridized carbons (Fsp3) is 0.200. The molecule has 0 fully saturated rings. The number of hydrogen-bond acceptors (Lipinski definition) is 7. The maximum atomic E-state index is 12.9. The molecule has 1 aliphatic rings. The summed E-state index contributed by atoms with van der Waals surface area (Å²) < 4.78 is 27.0. The van der Waals surface area contributed by atoms with Crippen LogP contribution in [-0.2, 0) is 21.4 Å². The van der Waals surface area contributed by atoms with Gasteiger partial charge in [0.15, 0.2) is 0 Å². The summed E-state index contributed by atoms with van der Waals surface area (Å²) in [5, 5.41) is 15.0. The second-order valence-electron chi connectivity index (χ2n) is 8.28. The van der Waals surface area contributed by atoms with E-state index in [4.69, 9.17) is 0 Å². The summed E-state index contributed by atoms with van der Waals surface area (Å²) in [6, 6.07) is 15.9. The minimum Gasteiger partial charge on any atom is -0.480 e. The maximum Gasteiger partial charge on any atom is 0.323 e. The van der Waals surface area contributed by atoms with Crippen molar-refractivity contribution in [3.05, 3.63) is 89.6 Å². The van der Waals surface area contributed by atoms with Crippen LogP contribution >= 0.6 is 0 Å². The zero-order valence-corrected chi connectivity index (χ0v) is 20.4. The first-order valence-corrected chi connectivity index (χ1v) is 12.9. The molecule has 2 amide bonds. The number of rotatable bonds is 11. The van der Waals surface area contributed by atoms with Gasteiger partial charge in [-0.1, -0.05) is 30.3 Å². The van der Waals surface area contributed by atoms with Crippen LogP contribution in [0.1, 0.15) is 26.3 Å². The highest BCUT2D eigenvalue weighted by molar-refractivity contribution is 7.89. The van der Waals surface area contributed by atoms with Gasteiger partial charge < -0.3 is 20.6 Å². The van der Waals surface area contributed by atoms with Crippen molar-refractivity contribution in [2.45, 2.75) is 17.5 Å². The largest absolute Gasteiger partial charge is 0.480 e. The first-order valence-electron chi connectivity index (χ1n) is 11.4. The number of nitrogens with zero attached hydrogens (tertiary/aromatic N) is 2. The van der Waals surface area contributed by atoms with E-state index in [2.05, 4.69) is 20.3 Å². The van der Waals surface area contributed by atoms with Gasteiger partial charge in [-0.2, -0.15) is 4.72 Å². The van der Waals surface area contributed by atoms with Gasteiger partial charge in [-0.3, -0.25) is 14.4 Å². The van der Waals surface area contributed by atoms with Crippen molar-refractivity contribution in [2.75, 3.05) is 25.0 Å². The molecule has 12 heteroatoms. The number of anilines is 1. The number of nitrogens with one attached hydrogen (secondary N) is 3. The second kappa shape index (κ2) is 11.2. The molecule has 3 aromatic rings. The summed E-state index contributed by atoms with van der Waals surface area (Å²) in [4.78, 5) is 42.9. The van der Waals surface area contributed by atoms with E-state index in [1.807, 2.05) is 18.2 Å². The van der Waals surface area contributed by atoms with E-state index in [1.165, 1.54) is 30.3 Å².